The number of alkyl halides is 3. The summed E-state index contributed by atoms with van der Waals surface area (Å²) in [6.45, 7) is 4.05. The summed E-state index contributed by atoms with van der Waals surface area (Å²) >= 11 is 0. The van der Waals surface area contributed by atoms with Gasteiger partial charge in [0.2, 0.25) is 5.91 Å². The summed E-state index contributed by atoms with van der Waals surface area (Å²) in [7, 11) is 2.05. The van der Waals surface area contributed by atoms with Gasteiger partial charge in [-0.15, -0.1) is 0 Å². The van der Waals surface area contributed by atoms with Crippen molar-refractivity contribution in [2.45, 2.75) is 57.4 Å². The summed E-state index contributed by atoms with van der Waals surface area (Å²) in [5.74, 6) is -1.99. The van der Waals surface area contributed by atoms with Crippen LogP contribution < -0.4 is 15.4 Å². The van der Waals surface area contributed by atoms with Gasteiger partial charge in [0.25, 0.3) is 5.91 Å². The molecular formula is C28H34F3N3O5. The van der Waals surface area contributed by atoms with Gasteiger partial charge in [-0.1, -0.05) is 12.1 Å². The summed E-state index contributed by atoms with van der Waals surface area (Å²) in [5, 5.41) is 14.6. The summed E-state index contributed by atoms with van der Waals surface area (Å²) in [6.07, 6.45) is -2.35. The fourth-order valence-corrected chi connectivity index (χ4v) is 4.68. The van der Waals surface area contributed by atoms with Gasteiger partial charge in [0.1, 0.15) is 5.75 Å². The monoisotopic (exact) mass is 549 g/mol. The molecule has 1 saturated carbocycles. The van der Waals surface area contributed by atoms with Crippen LogP contribution in [0.1, 0.15) is 59.4 Å². The number of benzene rings is 2. The second kappa shape index (κ2) is 13.0. The number of rotatable bonds is 10. The Hall–Kier alpha value is -3.60. The highest BCUT2D eigenvalue weighted by Crippen LogP contribution is 2.31. The number of halogens is 3. The molecule has 2 aromatic carbocycles. The Morgan fingerprint density at radius 2 is 1.77 bits per heavy atom. The molecule has 3 rings (SSSR count). The first kappa shape index (κ1) is 29.9. The van der Waals surface area contributed by atoms with E-state index in [0.717, 1.165) is 31.0 Å². The number of nitrogens with zero attached hydrogens (tertiary/aromatic N) is 1. The highest BCUT2D eigenvalue weighted by Gasteiger charge is 2.35. The van der Waals surface area contributed by atoms with Crippen LogP contribution in [-0.2, 0) is 11.0 Å². The number of aromatic carboxylic acids is 1. The second-order valence-corrected chi connectivity index (χ2v) is 10.1. The first-order valence-corrected chi connectivity index (χ1v) is 12.8. The van der Waals surface area contributed by atoms with Gasteiger partial charge in [0, 0.05) is 29.6 Å². The number of carboxylic acid groups (broad SMARTS) is 1. The van der Waals surface area contributed by atoms with E-state index in [0.29, 0.717) is 18.2 Å². The van der Waals surface area contributed by atoms with E-state index in [2.05, 4.69) is 29.4 Å². The summed E-state index contributed by atoms with van der Waals surface area (Å²) in [4.78, 5) is 38.6. The molecule has 212 valence electrons. The lowest BCUT2D eigenvalue weighted by Crippen LogP contribution is -2.52. The van der Waals surface area contributed by atoms with Crippen LogP contribution >= 0.6 is 0 Å². The first-order valence-electron chi connectivity index (χ1n) is 12.8. The zero-order chi connectivity index (χ0) is 28.7. The topological polar surface area (TPSA) is 108 Å². The molecule has 0 aliphatic heterocycles. The molecule has 0 spiro atoms. The van der Waals surface area contributed by atoms with E-state index < -0.39 is 36.1 Å². The SMILES string of the molecule is CC(C)N(C)[C@@H]1CC[C@H](NC(=O)CNC(=O)c2cccc(C(F)(F)F)c2)[C@H](COc2cccc(C(=O)O)c2)C1. The molecule has 8 nitrogen and oxygen atoms in total. The third-order valence-corrected chi connectivity index (χ3v) is 7.10. The maximum atomic E-state index is 13.0. The largest absolute Gasteiger partial charge is 0.493 e. The van der Waals surface area contributed by atoms with Gasteiger partial charge in [-0.05, 0) is 76.6 Å². The van der Waals surface area contributed by atoms with Crippen LogP contribution in [0.2, 0.25) is 0 Å². The number of hydrogen-bond donors (Lipinski definition) is 3. The molecule has 3 atom stereocenters. The smallest absolute Gasteiger partial charge is 0.416 e. The van der Waals surface area contributed by atoms with Gasteiger partial charge in [0.15, 0.2) is 0 Å². The van der Waals surface area contributed by atoms with Gasteiger partial charge < -0.3 is 25.4 Å². The minimum absolute atomic E-state index is 0.0958. The highest BCUT2D eigenvalue weighted by molar-refractivity contribution is 5.96. The normalized spacial score (nSPS) is 19.5. The molecule has 0 radical (unpaired) electrons. The van der Waals surface area contributed by atoms with Crippen molar-refractivity contribution in [3.8, 4) is 5.75 Å². The van der Waals surface area contributed by atoms with Crippen LogP contribution in [0.4, 0.5) is 13.2 Å². The summed E-state index contributed by atoms with van der Waals surface area (Å²) in [6, 6.07) is 10.5. The van der Waals surface area contributed by atoms with Crippen molar-refractivity contribution >= 4 is 17.8 Å². The molecule has 0 heterocycles. The van der Waals surface area contributed by atoms with E-state index in [1.807, 2.05) is 7.05 Å². The lowest BCUT2D eigenvalue weighted by molar-refractivity contribution is -0.137. The molecule has 0 unspecified atom stereocenters. The van der Waals surface area contributed by atoms with E-state index in [9.17, 15) is 32.7 Å². The molecule has 39 heavy (non-hydrogen) atoms. The number of carbonyl (C=O) groups excluding carboxylic acids is 2. The third kappa shape index (κ3) is 8.44. The van der Waals surface area contributed by atoms with Gasteiger partial charge in [-0.2, -0.15) is 13.2 Å². The minimum Gasteiger partial charge on any atom is -0.493 e. The molecule has 1 aliphatic carbocycles. The van der Waals surface area contributed by atoms with Gasteiger partial charge in [-0.25, -0.2) is 4.79 Å². The Morgan fingerprint density at radius 1 is 1.08 bits per heavy atom. The number of ether oxygens (including phenoxy) is 1. The van der Waals surface area contributed by atoms with Crippen molar-refractivity contribution in [3.05, 3.63) is 65.2 Å². The van der Waals surface area contributed by atoms with Gasteiger partial charge >= 0.3 is 12.1 Å². The lowest BCUT2D eigenvalue weighted by atomic mass is 9.81. The van der Waals surface area contributed by atoms with Crippen molar-refractivity contribution < 1.29 is 37.4 Å². The maximum Gasteiger partial charge on any atom is 0.416 e. The molecule has 1 aliphatic rings. The fourth-order valence-electron chi connectivity index (χ4n) is 4.68. The lowest BCUT2D eigenvalue weighted by Gasteiger charge is -2.41. The fraction of sp³-hybridized carbons (Fsp3) is 0.464. The van der Waals surface area contributed by atoms with E-state index in [4.69, 9.17) is 4.74 Å². The zero-order valence-corrected chi connectivity index (χ0v) is 22.1. The van der Waals surface area contributed by atoms with E-state index in [1.54, 1.807) is 12.1 Å². The number of carbonyl (C=O) groups is 3. The van der Waals surface area contributed by atoms with Crippen LogP contribution in [0.3, 0.4) is 0 Å². The van der Waals surface area contributed by atoms with Gasteiger partial charge in [-0.3, -0.25) is 9.59 Å². The second-order valence-electron chi connectivity index (χ2n) is 10.1. The van der Waals surface area contributed by atoms with Crippen molar-refractivity contribution in [1.82, 2.24) is 15.5 Å². The molecule has 0 aromatic heterocycles. The van der Waals surface area contributed by atoms with Crippen LogP contribution in [0.5, 0.6) is 5.75 Å². The Labute approximate surface area is 225 Å². The summed E-state index contributed by atoms with van der Waals surface area (Å²) < 4.78 is 44.8. The Balaban J connectivity index is 1.63. The van der Waals surface area contributed by atoms with E-state index in [1.165, 1.54) is 18.2 Å². The van der Waals surface area contributed by atoms with Crippen LogP contribution in [0, 0.1) is 5.92 Å². The van der Waals surface area contributed by atoms with Crippen LogP contribution in [0.25, 0.3) is 0 Å². The van der Waals surface area contributed by atoms with Gasteiger partial charge in [0.05, 0.1) is 24.3 Å². The number of carboxylic acids is 1. The highest BCUT2D eigenvalue weighted by atomic mass is 19.4. The predicted molar refractivity (Wildman–Crippen MR) is 139 cm³/mol. The standard InChI is InChI=1S/C28H34F3N3O5/c1-17(2)34(3)22-10-11-24(20(13-22)16-39-23-9-5-7-19(14-23)27(37)38)33-25(35)15-32-26(36)18-6-4-8-21(12-18)28(29,30)31/h4-9,12,14,17,20,22,24H,10-11,13,15-16H2,1-3H3,(H,32,36)(H,33,35)(H,37,38)/t20-,22+,24-/m0/s1. The molecule has 3 N–H and O–H groups in total. The van der Waals surface area contributed by atoms with Crippen LogP contribution in [-0.4, -0.2) is 66.1 Å². The zero-order valence-electron chi connectivity index (χ0n) is 22.1. The average Bonchev–Trinajstić information content (AvgIpc) is 2.90. The van der Waals surface area contributed by atoms with Crippen molar-refractivity contribution in [1.29, 1.82) is 0 Å². The predicted octanol–water partition coefficient (Wildman–Crippen LogP) is 4.21. The molecule has 2 amide bonds. The summed E-state index contributed by atoms with van der Waals surface area (Å²) in [5.41, 5.74) is -1.03. The van der Waals surface area contributed by atoms with Crippen molar-refractivity contribution in [2.75, 3.05) is 20.2 Å². The molecule has 0 saturated heterocycles. The number of nitrogens with one attached hydrogen (secondary N) is 2. The average molecular weight is 550 g/mol. The molecule has 2 aromatic rings. The molecule has 1 fully saturated rings. The maximum absolute atomic E-state index is 13.0. The Bertz CT molecular complexity index is 1170. The van der Waals surface area contributed by atoms with Crippen molar-refractivity contribution in [2.24, 2.45) is 5.92 Å². The molecule has 11 heteroatoms. The molecule has 0 bridgehead atoms. The van der Waals surface area contributed by atoms with E-state index in [-0.39, 0.29) is 35.7 Å². The Kier molecular flexibility index (Phi) is 9.96. The van der Waals surface area contributed by atoms with Crippen LogP contribution in [0.15, 0.2) is 48.5 Å². The minimum atomic E-state index is -4.58. The molecular weight excluding hydrogens is 515 g/mol. The number of amides is 2. The quantitative estimate of drug-likeness (QED) is 0.410. The first-order chi connectivity index (χ1) is 18.3. The Morgan fingerprint density at radius 3 is 2.44 bits per heavy atom. The van der Waals surface area contributed by atoms with Crippen molar-refractivity contribution in [3.63, 3.8) is 0 Å². The third-order valence-electron chi connectivity index (χ3n) is 7.10. The van der Waals surface area contributed by atoms with E-state index >= 15 is 0 Å². The number of hydrogen-bond acceptors (Lipinski definition) is 5.